The van der Waals surface area contributed by atoms with Crippen LogP contribution in [-0.4, -0.2) is 44.7 Å². The molecule has 1 aliphatic heterocycles. The Morgan fingerprint density at radius 2 is 2.29 bits per heavy atom. The molecule has 78 valence electrons. The normalized spacial score (nSPS) is 22.2. The van der Waals surface area contributed by atoms with Crippen molar-refractivity contribution in [3.05, 3.63) is 12.2 Å². The highest BCUT2D eigenvalue weighted by molar-refractivity contribution is 5.98. The van der Waals surface area contributed by atoms with Crippen LogP contribution in [0.15, 0.2) is 12.2 Å². The van der Waals surface area contributed by atoms with Crippen molar-refractivity contribution in [1.29, 1.82) is 0 Å². The maximum atomic E-state index is 11.4. The van der Waals surface area contributed by atoms with Crippen molar-refractivity contribution in [2.45, 2.75) is 6.10 Å². The summed E-state index contributed by atoms with van der Waals surface area (Å²) in [4.78, 5) is 22.0. The van der Waals surface area contributed by atoms with Gasteiger partial charge in [0, 0.05) is 19.2 Å². The molecule has 1 saturated heterocycles. The molecule has 0 aromatic carbocycles. The van der Waals surface area contributed by atoms with E-state index in [0.717, 1.165) is 12.6 Å². The average molecular weight is 199 g/mol. The van der Waals surface area contributed by atoms with Crippen molar-refractivity contribution < 1.29 is 19.1 Å². The first-order valence-electron chi connectivity index (χ1n) is 4.36. The lowest BCUT2D eigenvalue weighted by atomic mass is 10.2. The third-order valence-electron chi connectivity index (χ3n) is 1.83. The second-order valence-corrected chi connectivity index (χ2v) is 2.82. The summed E-state index contributed by atoms with van der Waals surface area (Å²) in [5, 5.41) is 3.02. The smallest absolute Gasteiger partial charge is 0.330 e. The molecule has 5 heteroatoms. The Hall–Kier alpha value is -1.20. The van der Waals surface area contributed by atoms with E-state index >= 15 is 0 Å². The van der Waals surface area contributed by atoms with Crippen LogP contribution in [0.5, 0.6) is 0 Å². The Labute approximate surface area is 82.1 Å². The fourth-order valence-corrected chi connectivity index (χ4v) is 1.07. The minimum absolute atomic E-state index is 0.220. The Morgan fingerprint density at radius 1 is 1.50 bits per heavy atom. The fraction of sp³-hybridized carbons (Fsp3) is 0.556. The van der Waals surface area contributed by atoms with Crippen molar-refractivity contribution in [1.82, 2.24) is 5.32 Å². The third kappa shape index (κ3) is 3.27. The molecule has 0 aliphatic carbocycles. The van der Waals surface area contributed by atoms with Crippen LogP contribution in [0, 0.1) is 0 Å². The summed E-state index contributed by atoms with van der Waals surface area (Å²) >= 11 is 0. The van der Waals surface area contributed by atoms with Gasteiger partial charge in [0.05, 0.1) is 13.7 Å². The molecule has 0 saturated carbocycles. The van der Waals surface area contributed by atoms with E-state index in [2.05, 4.69) is 10.1 Å². The van der Waals surface area contributed by atoms with Crippen LogP contribution in [0.25, 0.3) is 0 Å². The third-order valence-corrected chi connectivity index (χ3v) is 1.83. The Bertz CT molecular complexity index is 243. The van der Waals surface area contributed by atoms with E-state index in [9.17, 15) is 9.59 Å². The molecule has 1 heterocycles. The molecule has 0 radical (unpaired) electrons. The van der Waals surface area contributed by atoms with Crippen LogP contribution in [0.2, 0.25) is 0 Å². The van der Waals surface area contributed by atoms with Gasteiger partial charge in [0.15, 0.2) is 5.78 Å². The lowest BCUT2D eigenvalue weighted by Crippen LogP contribution is -2.42. The van der Waals surface area contributed by atoms with Gasteiger partial charge in [-0.3, -0.25) is 4.79 Å². The van der Waals surface area contributed by atoms with E-state index in [4.69, 9.17) is 4.74 Å². The highest BCUT2D eigenvalue weighted by Crippen LogP contribution is 1.98. The molecule has 1 N–H and O–H groups in total. The van der Waals surface area contributed by atoms with E-state index in [1.54, 1.807) is 0 Å². The van der Waals surface area contributed by atoms with Crippen LogP contribution < -0.4 is 5.32 Å². The molecule has 0 aromatic heterocycles. The van der Waals surface area contributed by atoms with Gasteiger partial charge in [0.2, 0.25) is 0 Å². The van der Waals surface area contributed by atoms with Crippen LogP contribution in [0.4, 0.5) is 0 Å². The van der Waals surface area contributed by atoms with E-state index in [1.807, 2.05) is 0 Å². The Balaban J connectivity index is 2.40. The monoisotopic (exact) mass is 199 g/mol. The predicted molar refractivity (Wildman–Crippen MR) is 48.8 cm³/mol. The first-order chi connectivity index (χ1) is 6.74. The van der Waals surface area contributed by atoms with Gasteiger partial charge < -0.3 is 14.8 Å². The molecule has 0 aromatic rings. The Kier molecular flexibility index (Phi) is 4.28. The minimum Gasteiger partial charge on any atom is -0.466 e. The predicted octanol–water partition coefficient (Wildman–Crippen LogP) is -0.727. The van der Waals surface area contributed by atoms with Crippen molar-refractivity contribution in [2.24, 2.45) is 0 Å². The molecule has 0 bridgehead atoms. The number of hydrogen-bond donors (Lipinski definition) is 1. The highest BCUT2D eigenvalue weighted by Gasteiger charge is 2.19. The topological polar surface area (TPSA) is 64.6 Å². The zero-order valence-electron chi connectivity index (χ0n) is 7.99. The molecule has 1 aliphatic rings. The van der Waals surface area contributed by atoms with E-state index in [0.29, 0.717) is 13.2 Å². The van der Waals surface area contributed by atoms with Crippen molar-refractivity contribution >= 4 is 11.8 Å². The minimum atomic E-state index is -0.540. The van der Waals surface area contributed by atoms with Gasteiger partial charge in [-0.15, -0.1) is 0 Å². The number of ketones is 1. The standard InChI is InChI=1S/C9H13NO4/c1-13-9(12)3-2-7(11)8-6-10-4-5-14-8/h2-3,8,10H,4-6H2,1H3/b3-2+. The second-order valence-electron chi connectivity index (χ2n) is 2.82. The van der Waals surface area contributed by atoms with Crippen molar-refractivity contribution in [3.8, 4) is 0 Å². The summed E-state index contributed by atoms with van der Waals surface area (Å²) in [6, 6.07) is 0. The number of carbonyl (C=O) groups is 2. The summed E-state index contributed by atoms with van der Waals surface area (Å²) in [5.41, 5.74) is 0. The highest BCUT2D eigenvalue weighted by atomic mass is 16.5. The van der Waals surface area contributed by atoms with E-state index in [1.165, 1.54) is 13.2 Å². The number of rotatable bonds is 3. The summed E-state index contributed by atoms with van der Waals surface area (Å²) in [5.74, 6) is -0.760. The van der Waals surface area contributed by atoms with Crippen molar-refractivity contribution in [3.63, 3.8) is 0 Å². The van der Waals surface area contributed by atoms with Gasteiger partial charge in [-0.2, -0.15) is 0 Å². The summed E-state index contributed by atoms with van der Waals surface area (Å²) in [7, 11) is 1.26. The molecule has 1 unspecified atom stereocenters. The van der Waals surface area contributed by atoms with Gasteiger partial charge in [-0.25, -0.2) is 4.79 Å². The van der Waals surface area contributed by atoms with Crippen LogP contribution in [-0.2, 0) is 19.1 Å². The average Bonchev–Trinajstić information content (AvgIpc) is 2.26. The first kappa shape index (κ1) is 10.9. The van der Waals surface area contributed by atoms with E-state index in [-0.39, 0.29) is 5.78 Å². The number of esters is 1. The summed E-state index contributed by atoms with van der Waals surface area (Å²) in [6.07, 6.45) is 1.80. The summed E-state index contributed by atoms with van der Waals surface area (Å²) < 4.78 is 9.54. The molecule has 1 rings (SSSR count). The molecule has 0 spiro atoms. The maximum absolute atomic E-state index is 11.4. The number of nitrogens with one attached hydrogen (secondary N) is 1. The second kappa shape index (κ2) is 5.51. The lowest BCUT2D eigenvalue weighted by Gasteiger charge is -2.20. The molecule has 5 nitrogen and oxygen atoms in total. The van der Waals surface area contributed by atoms with Crippen LogP contribution in [0.3, 0.4) is 0 Å². The van der Waals surface area contributed by atoms with Gasteiger partial charge in [-0.05, 0) is 6.08 Å². The number of carbonyl (C=O) groups excluding carboxylic acids is 2. The molecule has 14 heavy (non-hydrogen) atoms. The van der Waals surface area contributed by atoms with Crippen LogP contribution >= 0.6 is 0 Å². The molecule has 0 amide bonds. The molecule has 1 atom stereocenters. The first-order valence-corrected chi connectivity index (χ1v) is 4.36. The zero-order chi connectivity index (χ0) is 10.4. The van der Waals surface area contributed by atoms with Crippen molar-refractivity contribution in [2.75, 3.05) is 26.8 Å². The zero-order valence-corrected chi connectivity index (χ0v) is 7.99. The number of methoxy groups -OCH3 is 1. The van der Waals surface area contributed by atoms with Crippen LogP contribution in [0.1, 0.15) is 0 Å². The van der Waals surface area contributed by atoms with Gasteiger partial charge >= 0.3 is 5.97 Å². The van der Waals surface area contributed by atoms with E-state index < -0.39 is 12.1 Å². The quantitative estimate of drug-likeness (QED) is 0.479. The summed E-state index contributed by atoms with van der Waals surface area (Å²) in [6.45, 7) is 1.76. The molecule has 1 fully saturated rings. The van der Waals surface area contributed by atoms with Gasteiger partial charge in [0.25, 0.3) is 0 Å². The van der Waals surface area contributed by atoms with Gasteiger partial charge in [-0.1, -0.05) is 0 Å². The largest absolute Gasteiger partial charge is 0.466 e. The Morgan fingerprint density at radius 3 is 2.86 bits per heavy atom. The number of ether oxygens (including phenoxy) is 2. The lowest BCUT2D eigenvalue weighted by molar-refractivity contribution is -0.135. The SMILES string of the molecule is COC(=O)/C=C/C(=O)C1CNCCO1. The number of hydrogen-bond acceptors (Lipinski definition) is 5. The van der Waals surface area contributed by atoms with Gasteiger partial charge in [0.1, 0.15) is 6.10 Å². The fourth-order valence-electron chi connectivity index (χ4n) is 1.07. The maximum Gasteiger partial charge on any atom is 0.330 e. The molecular formula is C9H13NO4. The molecular weight excluding hydrogens is 186 g/mol. The number of morpholine rings is 1.